The first-order valence-electron chi connectivity index (χ1n) is 7.40. The molecule has 2 N–H and O–H groups in total. The van der Waals surface area contributed by atoms with Crippen LogP contribution in [-0.2, 0) is 11.3 Å². The quantitative estimate of drug-likeness (QED) is 0.876. The van der Waals surface area contributed by atoms with E-state index in [2.05, 4.69) is 5.10 Å². The molecule has 0 spiro atoms. The fourth-order valence-electron chi connectivity index (χ4n) is 2.69. The number of amides is 1. The van der Waals surface area contributed by atoms with Gasteiger partial charge in [-0.1, -0.05) is 0 Å². The maximum atomic E-state index is 12.7. The number of aromatic nitrogens is 2. The maximum Gasteiger partial charge on any atom is 0.276 e. The standard InChI is InChI=1S/C14H22N4O2/c1-2-17-8-12(15)13(16-17)14(19)18(11-3-4-11)7-10-5-6-20-9-10/h8,10-11H,2-7,9,15H2,1H3. The first-order chi connectivity index (χ1) is 9.69. The van der Waals surface area contributed by atoms with Gasteiger partial charge in [0.05, 0.1) is 12.3 Å². The molecule has 1 aliphatic carbocycles. The smallest absolute Gasteiger partial charge is 0.276 e. The van der Waals surface area contributed by atoms with E-state index in [1.165, 1.54) is 0 Å². The van der Waals surface area contributed by atoms with Gasteiger partial charge in [-0.3, -0.25) is 9.48 Å². The molecule has 110 valence electrons. The van der Waals surface area contributed by atoms with Crippen molar-refractivity contribution in [2.75, 3.05) is 25.5 Å². The minimum Gasteiger partial charge on any atom is -0.396 e. The third kappa shape index (κ3) is 2.65. The van der Waals surface area contributed by atoms with Crippen molar-refractivity contribution in [2.24, 2.45) is 5.92 Å². The van der Waals surface area contributed by atoms with Crippen molar-refractivity contribution in [3.8, 4) is 0 Å². The van der Waals surface area contributed by atoms with E-state index in [4.69, 9.17) is 10.5 Å². The van der Waals surface area contributed by atoms with Crippen LogP contribution in [0.25, 0.3) is 0 Å². The van der Waals surface area contributed by atoms with E-state index in [1.54, 1.807) is 10.9 Å². The molecule has 1 saturated carbocycles. The minimum atomic E-state index is -0.0240. The number of rotatable bonds is 5. The Morgan fingerprint density at radius 1 is 1.55 bits per heavy atom. The summed E-state index contributed by atoms with van der Waals surface area (Å²) in [6.45, 7) is 5.04. The number of nitrogens with two attached hydrogens (primary N) is 1. The Morgan fingerprint density at radius 2 is 2.35 bits per heavy atom. The highest BCUT2D eigenvalue weighted by Crippen LogP contribution is 2.30. The molecule has 0 aromatic carbocycles. The highest BCUT2D eigenvalue weighted by atomic mass is 16.5. The highest BCUT2D eigenvalue weighted by molar-refractivity contribution is 5.97. The van der Waals surface area contributed by atoms with Crippen LogP contribution in [0, 0.1) is 5.92 Å². The van der Waals surface area contributed by atoms with Crippen LogP contribution in [0.3, 0.4) is 0 Å². The predicted octanol–water partition coefficient (Wildman–Crippen LogP) is 1.13. The monoisotopic (exact) mass is 278 g/mol. The lowest BCUT2D eigenvalue weighted by molar-refractivity contribution is 0.0700. The molecule has 0 bridgehead atoms. The molecule has 0 radical (unpaired) electrons. The van der Waals surface area contributed by atoms with Gasteiger partial charge in [0.25, 0.3) is 5.91 Å². The molecule has 6 nitrogen and oxygen atoms in total. The Kier molecular flexibility index (Phi) is 3.65. The number of carbonyl (C=O) groups is 1. The lowest BCUT2D eigenvalue weighted by Crippen LogP contribution is -2.38. The van der Waals surface area contributed by atoms with Crippen LogP contribution < -0.4 is 5.73 Å². The van der Waals surface area contributed by atoms with Crippen LogP contribution in [-0.4, -0.2) is 46.4 Å². The largest absolute Gasteiger partial charge is 0.396 e. The van der Waals surface area contributed by atoms with E-state index < -0.39 is 0 Å². The molecule has 1 aliphatic heterocycles. The number of carbonyl (C=O) groups excluding carboxylic acids is 1. The number of ether oxygens (including phenoxy) is 1. The van der Waals surface area contributed by atoms with Gasteiger partial charge in [-0.05, 0) is 26.2 Å². The van der Waals surface area contributed by atoms with Crippen molar-refractivity contribution < 1.29 is 9.53 Å². The van der Waals surface area contributed by atoms with E-state index in [0.717, 1.165) is 45.6 Å². The molecule has 6 heteroatoms. The average Bonchev–Trinajstić information content (AvgIpc) is 3.01. The van der Waals surface area contributed by atoms with E-state index in [-0.39, 0.29) is 5.91 Å². The second kappa shape index (κ2) is 5.44. The lowest BCUT2D eigenvalue weighted by atomic mass is 10.1. The lowest BCUT2D eigenvalue weighted by Gasteiger charge is -2.24. The van der Waals surface area contributed by atoms with Gasteiger partial charge in [-0.15, -0.1) is 0 Å². The number of aryl methyl sites for hydroxylation is 1. The Morgan fingerprint density at radius 3 is 2.90 bits per heavy atom. The first kappa shape index (κ1) is 13.4. The molecule has 1 atom stereocenters. The summed E-state index contributed by atoms with van der Waals surface area (Å²) >= 11 is 0. The van der Waals surface area contributed by atoms with Crippen LogP contribution in [0.1, 0.15) is 36.7 Å². The van der Waals surface area contributed by atoms with Gasteiger partial charge in [0.15, 0.2) is 5.69 Å². The maximum absolute atomic E-state index is 12.7. The Balaban J connectivity index is 1.75. The van der Waals surface area contributed by atoms with E-state index in [1.807, 2.05) is 11.8 Å². The zero-order valence-electron chi connectivity index (χ0n) is 11.9. The highest BCUT2D eigenvalue weighted by Gasteiger charge is 2.36. The first-order valence-corrected chi connectivity index (χ1v) is 7.40. The SMILES string of the molecule is CCn1cc(N)c(C(=O)N(CC2CCOC2)C2CC2)n1. The predicted molar refractivity (Wildman–Crippen MR) is 75.3 cm³/mol. The van der Waals surface area contributed by atoms with Gasteiger partial charge in [0.2, 0.25) is 0 Å². The van der Waals surface area contributed by atoms with Gasteiger partial charge in [-0.25, -0.2) is 0 Å². The van der Waals surface area contributed by atoms with E-state index in [0.29, 0.717) is 23.3 Å². The Hall–Kier alpha value is -1.56. The zero-order chi connectivity index (χ0) is 14.1. The fraction of sp³-hybridized carbons (Fsp3) is 0.714. The molecular formula is C14H22N4O2. The third-order valence-corrected chi connectivity index (χ3v) is 4.04. The van der Waals surface area contributed by atoms with Crippen molar-refractivity contribution in [1.29, 1.82) is 0 Å². The average molecular weight is 278 g/mol. The summed E-state index contributed by atoms with van der Waals surface area (Å²) in [4.78, 5) is 14.6. The molecule has 1 amide bonds. The van der Waals surface area contributed by atoms with Gasteiger partial charge in [0, 0.05) is 37.9 Å². The Labute approximate surface area is 118 Å². The van der Waals surface area contributed by atoms with Crippen LogP contribution in [0.5, 0.6) is 0 Å². The summed E-state index contributed by atoms with van der Waals surface area (Å²) in [5, 5.41) is 4.30. The fourth-order valence-corrected chi connectivity index (χ4v) is 2.69. The van der Waals surface area contributed by atoms with E-state index in [9.17, 15) is 4.79 Å². The van der Waals surface area contributed by atoms with Crippen LogP contribution in [0.15, 0.2) is 6.20 Å². The normalized spacial score (nSPS) is 22.1. The van der Waals surface area contributed by atoms with Crippen molar-refractivity contribution in [2.45, 2.75) is 38.8 Å². The van der Waals surface area contributed by atoms with Crippen LogP contribution in [0.2, 0.25) is 0 Å². The number of nitrogens with zero attached hydrogens (tertiary/aromatic N) is 3. The molecule has 2 aliphatic rings. The number of anilines is 1. The molecule has 1 saturated heterocycles. The molecule has 20 heavy (non-hydrogen) atoms. The van der Waals surface area contributed by atoms with E-state index >= 15 is 0 Å². The summed E-state index contributed by atoms with van der Waals surface area (Å²) in [7, 11) is 0. The molecule has 3 rings (SSSR count). The van der Waals surface area contributed by atoms with Gasteiger partial charge in [-0.2, -0.15) is 5.10 Å². The van der Waals surface area contributed by atoms with Gasteiger partial charge < -0.3 is 15.4 Å². The second-order valence-corrected chi connectivity index (χ2v) is 5.71. The zero-order valence-corrected chi connectivity index (χ0v) is 11.9. The summed E-state index contributed by atoms with van der Waals surface area (Å²) < 4.78 is 7.12. The summed E-state index contributed by atoms with van der Waals surface area (Å²) in [6, 6.07) is 0.370. The number of nitrogen functional groups attached to an aromatic ring is 1. The minimum absolute atomic E-state index is 0.0240. The van der Waals surface area contributed by atoms with Crippen LogP contribution in [0.4, 0.5) is 5.69 Å². The second-order valence-electron chi connectivity index (χ2n) is 5.71. The van der Waals surface area contributed by atoms with Crippen molar-refractivity contribution >= 4 is 11.6 Å². The molecule has 1 unspecified atom stereocenters. The van der Waals surface area contributed by atoms with Crippen LogP contribution >= 0.6 is 0 Å². The summed E-state index contributed by atoms with van der Waals surface area (Å²) in [6.07, 6.45) is 4.95. The number of hydrogen-bond donors (Lipinski definition) is 1. The summed E-state index contributed by atoms with van der Waals surface area (Å²) in [5.41, 5.74) is 6.81. The molecule has 1 aromatic rings. The van der Waals surface area contributed by atoms with Crippen molar-refractivity contribution in [3.05, 3.63) is 11.9 Å². The molecule has 1 aromatic heterocycles. The summed E-state index contributed by atoms with van der Waals surface area (Å²) in [5.74, 6) is 0.429. The van der Waals surface area contributed by atoms with Gasteiger partial charge in [0.1, 0.15) is 0 Å². The molecule has 2 fully saturated rings. The third-order valence-electron chi connectivity index (χ3n) is 4.04. The molecule has 2 heterocycles. The van der Waals surface area contributed by atoms with Crippen molar-refractivity contribution in [3.63, 3.8) is 0 Å². The molecular weight excluding hydrogens is 256 g/mol. The Bertz CT molecular complexity index is 489. The number of hydrogen-bond acceptors (Lipinski definition) is 4. The van der Waals surface area contributed by atoms with Gasteiger partial charge >= 0.3 is 0 Å². The topological polar surface area (TPSA) is 73.4 Å². The van der Waals surface area contributed by atoms with Crippen molar-refractivity contribution in [1.82, 2.24) is 14.7 Å².